The van der Waals surface area contributed by atoms with Crippen molar-refractivity contribution < 1.29 is 0 Å². The van der Waals surface area contributed by atoms with Crippen LogP contribution in [0.5, 0.6) is 0 Å². The third-order valence-electron chi connectivity index (χ3n) is 3.33. The van der Waals surface area contributed by atoms with Crippen LogP contribution in [0.15, 0.2) is 12.1 Å². The first-order valence-electron chi connectivity index (χ1n) is 7.11. The predicted octanol–water partition coefficient (Wildman–Crippen LogP) is 4.15. The van der Waals surface area contributed by atoms with Gasteiger partial charge in [-0.3, -0.25) is 0 Å². The summed E-state index contributed by atoms with van der Waals surface area (Å²) >= 11 is 6.00. The molecular weight excluding hydrogens is 244 g/mol. The molecule has 100 valence electrons. The lowest BCUT2D eigenvalue weighted by Gasteiger charge is -2.24. The lowest BCUT2D eigenvalue weighted by atomic mass is 10.1. The van der Waals surface area contributed by atoms with E-state index in [1.165, 1.54) is 30.5 Å². The minimum absolute atomic E-state index is 0.580. The molecule has 1 fully saturated rings. The first-order chi connectivity index (χ1) is 8.78. The van der Waals surface area contributed by atoms with Crippen LogP contribution >= 0.6 is 11.6 Å². The highest BCUT2D eigenvalue weighted by atomic mass is 35.5. The summed E-state index contributed by atoms with van der Waals surface area (Å²) in [7, 11) is 0. The Bertz CT molecular complexity index is 388. The normalized spacial score (nSPS) is 14.8. The number of aryl methyl sites for hydroxylation is 1. The Balaban J connectivity index is 2.25. The van der Waals surface area contributed by atoms with Crippen molar-refractivity contribution in [3.8, 4) is 0 Å². The quantitative estimate of drug-likeness (QED) is 0.689. The molecule has 1 saturated carbocycles. The molecule has 3 heteroatoms. The number of anilines is 1. The lowest BCUT2D eigenvalue weighted by molar-refractivity contribution is 0.743. The van der Waals surface area contributed by atoms with Gasteiger partial charge in [-0.2, -0.15) is 0 Å². The molecule has 0 radical (unpaired) electrons. The molecule has 0 aromatic carbocycles. The van der Waals surface area contributed by atoms with Crippen LogP contribution in [0.1, 0.15) is 50.8 Å². The van der Waals surface area contributed by atoms with Crippen LogP contribution in [0, 0.1) is 0 Å². The van der Waals surface area contributed by atoms with Crippen molar-refractivity contribution in [2.75, 3.05) is 11.4 Å². The van der Waals surface area contributed by atoms with Crippen LogP contribution in [-0.2, 0) is 12.3 Å². The van der Waals surface area contributed by atoms with Gasteiger partial charge in [0, 0.05) is 24.2 Å². The van der Waals surface area contributed by atoms with Crippen molar-refractivity contribution in [2.45, 2.75) is 57.9 Å². The molecule has 0 unspecified atom stereocenters. The molecule has 0 atom stereocenters. The van der Waals surface area contributed by atoms with Gasteiger partial charge in [0.1, 0.15) is 5.82 Å². The Morgan fingerprint density at radius 1 is 1.28 bits per heavy atom. The second kappa shape index (κ2) is 6.42. The zero-order chi connectivity index (χ0) is 13.0. The molecule has 2 nitrogen and oxygen atoms in total. The SMILES string of the molecule is CCCc1cc(CCl)cc(N(CCC)C2CC2)n1. The molecule has 1 aliphatic rings. The van der Waals surface area contributed by atoms with Gasteiger partial charge in [0.15, 0.2) is 0 Å². The van der Waals surface area contributed by atoms with Crippen LogP contribution in [0.2, 0.25) is 0 Å². The summed E-state index contributed by atoms with van der Waals surface area (Å²) < 4.78 is 0. The second-order valence-corrected chi connectivity index (χ2v) is 5.40. The third kappa shape index (κ3) is 3.38. The first kappa shape index (κ1) is 13.7. The van der Waals surface area contributed by atoms with Gasteiger partial charge >= 0.3 is 0 Å². The number of alkyl halides is 1. The maximum absolute atomic E-state index is 6.00. The number of halogens is 1. The van der Waals surface area contributed by atoms with Crippen LogP contribution < -0.4 is 4.90 Å². The Morgan fingerprint density at radius 3 is 2.61 bits per heavy atom. The molecule has 0 aliphatic heterocycles. The Labute approximate surface area is 115 Å². The van der Waals surface area contributed by atoms with Crippen molar-refractivity contribution in [3.05, 3.63) is 23.4 Å². The number of hydrogen-bond acceptors (Lipinski definition) is 2. The fraction of sp³-hybridized carbons (Fsp3) is 0.667. The minimum Gasteiger partial charge on any atom is -0.354 e. The molecule has 1 aromatic rings. The van der Waals surface area contributed by atoms with E-state index in [9.17, 15) is 0 Å². The molecule has 0 amide bonds. The monoisotopic (exact) mass is 266 g/mol. The van der Waals surface area contributed by atoms with E-state index in [2.05, 4.69) is 30.9 Å². The highest BCUT2D eigenvalue weighted by molar-refractivity contribution is 6.17. The van der Waals surface area contributed by atoms with Crippen LogP contribution in [-0.4, -0.2) is 17.6 Å². The number of nitrogens with zero attached hydrogens (tertiary/aromatic N) is 2. The van der Waals surface area contributed by atoms with Crippen molar-refractivity contribution >= 4 is 17.4 Å². The molecule has 18 heavy (non-hydrogen) atoms. The summed E-state index contributed by atoms with van der Waals surface area (Å²) in [6.07, 6.45) is 5.98. The number of hydrogen-bond donors (Lipinski definition) is 0. The Kier molecular flexibility index (Phi) is 4.87. The summed E-state index contributed by atoms with van der Waals surface area (Å²) in [5.74, 6) is 1.72. The molecule has 0 saturated heterocycles. The van der Waals surface area contributed by atoms with E-state index in [1.807, 2.05) is 0 Å². The number of aromatic nitrogens is 1. The van der Waals surface area contributed by atoms with Gasteiger partial charge in [-0.25, -0.2) is 4.98 Å². The van der Waals surface area contributed by atoms with Gasteiger partial charge in [-0.05, 0) is 43.4 Å². The molecule has 0 spiro atoms. The highest BCUT2D eigenvalue weighted by Gasteiger charge is 2.29. The zero-order valence-corrected chi connectivity index (χ0v) is 12.2. The van der Waals surface area contributed by atoms with Crippen LogP contribution in [0.3, 0.4) is 0 Å². The highest BCUT2D eigenvalue weighted by Crippen LogP contribution is 2.31. The smallest absolute Gasteiger partial charge is 0.129 e. The summed E-state index contributed by atoms with van der Waals surface area (Å²) in [5.41, 5.74) is 2.39. The molecule has 0 N–H and O–H groups in total. The van der Waals surface area contributed by atoms with E-state index in [-0.39, 0.29) is 0 Å². The maximum Gasteiger partial charge on any atom is 0.129 e. The molecule has 0 bridgehead atoms. The fourth-order valence-electron chi connectivity index (χ4n) is 2.35. The van der Waals surface area contributed by atoms with Gasteiger partial charge < -0.3 is 4.90 Å². The summed E-state index contributed by atoms with van der Waals surface area (Å²) in [5, 5.41) is 0. The van der Waals surface area contributed by atoms with Crippen molar-refractivity contribution in [1.82, 2.24) is 4.98 Å². The molecule has 1 heterocycles. The largest absolute Gasteiger partial charge is 0.354 e. The fourth-order valence-corrected chi connectivity index (χ4v) is 2.51. The van der Waals surface area contributed by atoms with E-state index in [0.29, 0.717) is 5.88 Å². The topological polar surface area (TPSA) is 16.1 Å². The molecule has 2 rings (SSSR count). The molecule has 1 aromatic heterocycles. The van der Waals surface area contributed by atoms with Gasteiger partial charge in [0.2, 0.25) is 0 Å². The maximum atomic E-state index is 6.00. The number of pyridine rings is 1. The van der Waals surface area contributed by atoms with Crippen LogP contribution in [0.4, 0.5) is 5.82 Å². The Morgan fingerprint density at radius 2 is 2.06 bits per heavy atom. The first-order valence-corrected chi connectivity index (χ1v) is 7.64. The second-order valence-electron chi connectivity index (χ2n) is 5.13. The van der Waals surface area contributed by atoms with Crippen molar-refractivity contribution in [2.24, 2.45) is 0 Å². The summed E-state index contributed by atoms with van der Waals surface area (Å²) in [6.45, 7) is 5.53. The van der Waals surface area contributed by atoms with Crippen molar-refractivity contribution in [3.63, 3.8) is 0 Å². The average molecular weight is 267 g/mol. The Hall–Kier alpha value is -0.760. The molecule has 1 aliphatic carbocycles. The zero-order valence-electron chi connectivity index (χ0n) is 11.5. The van der Waals surface area contributed by atoms with E-state index in [4.69, 9.17) is 16.6 Å². The van der Waals surface area contributed by atoms with Crippen LogP contribution in [0.25, 0.3) is 0 Å². The molecular formula is C15H23ClN2. The van der Waals surface area contributed by atoms with Gasteiger partial charge in [0.05, 0.1) is 0 Å². The summed E-state index contributed by atoms with van der Waals surface area (Å²) in [4.78, 5) is 7.29. The van der Waals surface area contributed by atoms with E-state index in [1.54, 1.807) is 0 Å². The van der Waals surface area contributed by atoms with Gasteiger partial charge in [-0.1, -0.05) is 20.3 Å². The standard InChI is InChI=1S/C15H23ClN2/c1-3-5-13-9-12(11-16)10-15(17-13)18(8-4-2)14-6-7-14/h9-10,14H,3-8,11H2,1-2H3. The summed E-state index contributed by atoms with van der Waals surface area (Å²) in [6, 6.07) is 5.04. The predicted molar refractivity (Wildman–Crippen MR) is 78.4 cm³/mol. The van der Waals surface area contributed by atoms with Crippen molar-refractivity contribution in [1.29, 1.82) is 0 Å². The lowest BCUT2D eigenvalue weighted by Crippen LogP contribution is -2.27. The van der Waals surface area contributed by atoms with E-state index >= 15 is 0 Å². The minimum atomic E-state index is 0.580. The average Bonchev–Trinajstić information content (AvgIpc) is 3.20. The van der Waals surface area contributed by atoms with Gasteiger partial charge in [-0.15, -0.1) is 11.6 Å². The number of rotatable bonds is 7. The van der Waals surface area contributed by atoms with E-state index < -0.39 is 0 Å². The third-order valence-corrected chi connectivity index (χ3v) is 3.64. The van der Waals surface area contributed by atoms with E-state index in [0.717, 1.165) is 31.2 Å². The van der Waals surface area contributed by atoms with Gasteiger partial charge in [0.25, 0.3) is 0 Å².